The lowest BCUT2D eigenvalue weighted by atomic mass is 9.65. The van der Waals surface area contributed by atoms with Gasteiger partial charge in [0.25, 0.3) is 0 Å². The standard InChI is InChI=1S/C16H20O5/c1-13(2)20-12-7-8(10(17)14(12,3)21-13)15(4)16(5-6-16)11(18)9(7)19-15/h7-9,12H,5-6H2,1-4H3/t7-,8-,9-,12-,14+,15+/m1/s1. The third kappa shape index (κ3) is 1.06. The molecule has 0 radical (unpaired) electrons. The van der Waals surface area contributed by atoms with E-state index in [1.807, 2.05) is 27.7 Å². The highest BCUT2D eigenvalue weighted by atomic mass is 16.8. The molecule has 3 aliphatic heterocycles. The van der Waals surface area contributed by atoms with Crippen molar-refractivity contribution in [3.63, 3.8) is 0 Å². The van der Waals surface area contributed by atoms with E-state index in [-0.39, 0.29) is 29.5 Å². The minimum absolute atomic E-state index is 0.0619. The maximum atomic E-state index is 13.1. The molecule has 2 bridgehead atoms. The normalized spacial score (nSPS) is 57.9. The average Bonchev–Trinajstić information content (AvgIpc) is 2.97. The van der Waals surface area contributed by atoms with Crippen LogP contribution in [0.3, 0.4) is 0 Å². The third-order valence-electron chi connectivity index (χ3n) is 6.66. The molecule has 6 atom stereocenters. The molecule has 2 saturated carbocycles. The van der Waals surface area contributed by atoms with Crippen molar-refractivity contribution in [2.24, 2.45) is 17.3 Å². The van der Waals surface area contributed by atoms with Crippen molar-refractivity contribution in [2.45, 2.75) is 69.7 Å². The van der Waals surface area contributed by atoms with E-state index in [4.69, 9.17) is 14.2 Å². The molecule has 5 rings (SSSR count). The number of ether oxygens (including phenoxy) is 3. The van der Waals surface area contributed by atoms with Crippen LogP contribution in [0.15, 0.2) is 0 Å². The van der Waals surface area contributed by atoms with E-state index in [0.29, 0.717) is 0 Å². The second-order valence-corrected chi connectivity index (χ2v) is 8.16. The van der Waals surface area contributed by atoms with Crippen LogP contribution in [-0.2, 0) is 23.8 Å². The number of rotatable bonds is 0. The molecule has 5 aliphatic rings. The van der Waals surface area contributed by atoms with Gasteiger partial charge in [0.2, 0.25) is 0 Å². The fraction of sp³-hybridized carbons (Fsp3) is 0.875. The van der Waals surface area contributed by atoms with Gasteiger partial charge < -0.3 is 14.2 Å². The van der Waals surface area contributed by atoms with Gasteiger partial charge in [0.15, 0.2) is 23.0 Å². The average molecular weight is 292 g/mol. The lowest BCUT2D eigenvalue weighted by Gasteiger charge is -2.36. The van der Waals surface area contributed by atoms with Crippen LogP contribution in [0.5, 0.6) is 0 Å². The SMILES string of the molecule is CC1(C)O[C@@H]2[C@H]3[C@H]4O[C@@](C)([C@H]3C(=O)[C@]2(C)O1)C1(CC1)C4=O. The summed E-state index contributed by atoms with van der Waals surface area (Å²) in [5.74, 6) is -0.992. The number of carbonyl (C=O) groups excluding carboxylic acids is 2. The quantitative estimate of drug-likeness (QED) is 0.672. The van der Waals surface area contributed by atoms with Crippen LogP contribution >= 0.6 is 0 Å². The van der Waals surface area contributed by atoms with E-state index in [1.54, 1.807) is 0 Å². The van der Waals surface area contributed by atoms with Gasteiger partial charge in [-0.2, -0.15) is 0 Å². The first-order chi connectivity index (χ1) is 9.66. The second kappa shape index (κ2) is 2.99. The lowest BCUT2D eigenvalue weighted by Crippen LogP contribution is -2.51. The van der Waals surface area contributed by atoms with E-state index < -0.39 is 28.5 Å². The summed E-state index contributed by atoms with van der Waals surface area (Å²) in [4.78, 5) is 25.8. The Kier molecular flexibility index (Phi) is 1.81. The van der Waals surface area contributed by atoms with Crippen LogP contribution in [0, 0.1) is 17.3 Å². The molecule has 2 aliphatic carbocycles. The second-order valence-electron chi connectivity index (χ2n) is 8.16. The summed E-state index contributed by atoms with van der Waals surface area (Å²) < 4.78 is 18.1. The molecular weight excluding hydrogens is 272 g/mol. The van der Waals surface area contributed by atoms with Crippen molar-refractivity contribution in [3.8, 4) is 0 Å². The maximum Gasteiger partial charge on any atom is 0.173 e. The Morgan fingerprint density at radius 1 is 1.00 bits per heavy atom. The van der Waals surface area contributed by atoms with Gasteiger partial charge >= 0.3 is 0 Å². The molecule has 0 aromatic carbocycles. The van der Waals surface area contributed by atoms with Crippen LogP contribution in [0.2, 0.25) is 0 Å². The predicted molar refractivity (Wildman–Crippen MR) is 70.4 cm³/mol. The molecular formula is C16H20O5. The van der Waals surface area contributed by atoms with Crippen molar-refractivity contribution in [3.05, 3.63) is 0 Å². The van der Waals surface area contributed by atoms with Crippen molar-refractivity contribution < 1.29 is 23.8 Å². The van der Waals surface area contributed by atoms with E-state index >= 15 is 0 Å². The zero-order chi connectivity index (χ0) is 15.0. The summed E-state index contributed by atoms with van der Waals surface area (Å²) in [6.45, 7) is 7.41. The van der Waals surface area contributed by atoms with Gasteiger partial charge in [-0.25, -0.2) is 0 Å². The first-order valence-electron chi connectivity index (χ1n) is 7.81. The van der Waals surface area contributed by atoms with Gasteiger partial charge in [0, 0.05) is 5.92 Å². The minimum Gasteiger partial charge on any atom is -0.362 e. The number of fused-ring (bicyclic) bond motifs is 8. The van der Waals surface area contributed by atoms with Crippen LogP contribution in [-0.4, -0.2) is 40.8 Å². The van der Waals surface area contributed by atoms with Gasteiger partial charge in [-0.15, -0.1) is 0 Å². The summed E-state index contributed by atoms with van der Waals surface area (Å²) in [6.07, 6.45) is 0.834. The van der Waals surface area contributed by atoms with Crippen molar-refractivity contribution in [2.75, 3.05) is 0 Å². The predicted octanol–water partition coefficient (Wildman–Crippen LogP) is 1.23. The van der Waals surface area contributed by atoms with Crippen molar-refractivity contribution in [1.29, 1.82) is 0 Å². The van der Waals surface area contributed by atoms with E-state index in [1.165, 1.54) is 0 Å². The highest BCUT2D eigenvalue weighted by molar-refractivity contribution is 6.03. The topological polar surface area (TPSA) is 61.8 Å². The van der Waals surface area contributed by atoms with Crippen molar-refractivity contribution in [1.82, 2.24) is 0 Å². The van der Waals surface area contributed by atoms with E-state index in [0.717, 1.165) is 12.8 Å². The summed E-state index contributed by atoms with van der Waals surface area (Å²) in [7, 11) is 0. The Hall–Kier alpha value is -0.780. The molecule has 3 heterocycles. The summed E-state index contributed by atoms with van der Waals surface area (Å²) in [6, 6.07) is 0. The Labute approximate surface area is 123 Å². The maximum absolute atomic E-state index is 13.1. The number of hydrogen-bond acceptors (Lipinski definition) is 5. The van der Waals surface area contributed by atoms with E-state index in [9.17, 15) is 9.59 Å². The van der Waals surface area contributed by atoms with Gasteiger partial charge in [-0.1, -0.05) is 0 Å². The molecule has 114 valence electrons. The molecule has 5 nitrogen and oxygen atoms in total. The van der Waals surface area contributed by atoms with Gasteiger partial charge in [-0.3, -0.25) is 9.59 Å². The zero-order valence-corrected chi connectivity index (χ0v) is 12.8. The summed E-state index contributed by atoms with van der Waals surface area (Å²) in [5, 5.41) is 0. The summed E-state index contributed by atoms with van der Waals surface area (Å²) >= 11 is 0. The number of Topliss-reactive ketones (excluding diaryl/α,β-unsaturated/α-hetero) is 2. The molecule has 0 N–H and O–H groups in total. The Balaban J connectivity index is 1.66. The highest BCUT2D eigenvalue weighted by Gasteiger charge is 2.85. The molecule has 0 unspecified atom stereocenters. The Morgan fingerprint density at radius 2 is 1.67 bits per heavy atom. The number of ketones is 2. The lowest BCUT2D eigenvalue weighted by molar-refractivity contribution is -0.181. The van der Waals surface area contributed by atoms with Gasteiger partial charge in [-0.05, 0) is 40.5 Å². The molecule has 5 fully saturated rings. The molecule has 3 saturated heterocycles. The zero-order valence-electron chi connectivity index (χ0n) is 12.8. The third-order valence-corrected chi connectivity index (χ3v) is 6.66. The van der Waals surface area contributed by atoms with Crippen LogP contribution in [0.25, 0.3) is 0 Å². The first-order valence-corrected chi connectivity index (χ1v) is 7.81. The van der Waals surface area contributed by atoms with Crippen molar-refractivity contribution >= 4 is 11.6 Å². The monoisotopic (exact) mass is 292 g/mol. The highest BCUT2D eigenvalue weighted by Crippen LogP contribution is 2.73. The molecule has 5 heteroatoms. The van der Waals surface area contributed by atoms with E-state index in [2.05, 4.69) is 0 Å². The Morgan fingerprint density at radius 3 is 2.29 bits per heavy atom. The smallest absolute Gasteiger partial charge is 0.173 e. The van der Waals surface area contributed by atoms with Gasteiger partial charge in [0.1, 0.15) is 12.2 Å². The van der Waals surface area contributed by atoms with Crippen LogP contribution in [0.1, 0.15) is 40.5 Å². The molecule has 1 spiro atoms. The molecule has 0 aromatic heterocycles. The largest absolute Gasteiger partial charge is 0.362 e. The fourth-order valence-corrected chi connectivity index (χ4v) is 5.70. The molecule has 0 aromatic rings. The number of hydrogen-bond donors (Lipinski definition) is 0. The van der Waals surface area contributed by atoms with Gasteiger partial charge in [0.05, 0.1) is 16.9 Å². The summed E-state index contributed by atoms with van der Waals surface area (Å²) in [5.41, 5.74) is -2.00. The Bertz CT molecular complexity index is 606. The van der Waals surface area contributed by atoms with Crippen LogP contribution in [0.4, 0.5) is 0 Å². The molecule has 21 heavy (non-hydrogen) atoms. The minimum atomic E-state index is -0.942. The molecule has 0 amide bonds. The fourth-order valence-electron chi connectivity index (χ4n) is 5.70. The van der Waals surface area contributed by atoms with Crippen LogP contribution < -0.4 is 0 Å². The number of carbonyl (C=O) groups is 2. The first kappa shape index (κ1) is 12.7.